The van der Waals surface area contributed by atoms with Gasteiger partial charge in [-0.15, -0.1) is 0 Å². The minimum atomic E-state index is -0.829. The SMILES string of the molecule is CCOC(=O)C1=C(C)NC(=S)N[C@@H]1c1ccccc1OCC(=O)NN=Cc1cc([N+](=O)[O-])c(O)cc1O. The molecule has 0 unspecified atom stereocenters. The van der Waals surface area contributed by atoms with Crippen LogP contribution in [0.15, 0.2) is 52.8 Å². The van der Waals surface area contributed by atoms with Crippen molar-refractivity contribution in [2.45, 2.75) is 19.9 Å². The monoisotopic (exact) mass is 529 g/mol. The van der Waals surface area contributed by atoms with Crippen LogP contribution >= 0.6 is 12.2 Å². The molecule has 0 radical (unpaired) electrons. The van der Waals surface area contributed by atoms with Crippen LogP contribution in [0.3, 0.4) is 0 Å². The number of thiocarbonyl (C=S) groups is 1. The smallest absolute Gasteiger partial charge is 0.338 e. The summed E-state index contributed by atoms with van der Waals surface area (Å²) in [6.07, 6.45) is 0.979. The number of phenols is 2. The van der Waals surface area contributed by atoms with Crippen molar-refractivity contribution in [3.63, 3.8) is 0 Å². The van der Waals surface area contributed by atoms with Crippen molar-refractivity contribution in [3.8, 4) is 17.2 Å². The Morgan fingerprint density at radius 2 is 2.00 bits per heavy atom. The van der Waals surface area contributed by atoms with Gasteiger partial charge in [0.2, 0.25) is 0 Å². The van der Waals surface area contributed by atoms with Gasteiger partial charge in [0.15, 0.2) is 17.5 Å². The van der Waals surface area contributed by atoms with Crippen molar-refractivity contribution < 1.29 is 34.2 Å². The number of rotatable bonds is 9. The summed E-state index contributed by atoms with van der Waals surface area (Å²) in [5, 5.41) is 40.2. The summed E-state index contributed by atoms with van der Waals surface area (Å²) < 4.78 is 10.9. The summed E-state index contributed by atoms with van der Waals surface area (Å²) in [5.74, 6) is -2.10. The number of ether oxygens (including phenoxy) is 2. The average Bonchev–Trinajstić information content (AvgIpc) is 2.83. The van der Waals surface area contributed by atoms with E-state index in [2.05, 4.69) is 21.2 Å². The Bertz CT molecular complexity index is 1310. The molecule has 0 bridgehead atoms. The van der Waals surface area contributed by atoms with E-state index >= 15 is 0 Å². The van der Waals surface area contributed by atoms with E-state index in [1.165, 1.54) is 0 Å². The molecule has 0 spiro atoms. The Labute approximate surface area is 215 Å². The highest BCUT2D eigenvalue weighted by atomic mass is 32.1. The molecule has 194 valence electrons. The molecule has 14 heteroatoms. The van der Waals surface area contributed by atoms with E-state index in [4.69, 9.17) is 21.7 Å². The van der Waals surface area contributed by atoms with E-state index in [-0.39, 0.29) is 12.2 Å². The van der Waals surface area contributed by atoms with Gasteiger partial charge in [-0.05, 0) is 32.1 Å². The Hall–Kier alpha value is -4.72. The number of esters is 1. The number of aromatic hydroxyl groups is 2. The number of para-hydroxylation sites is 1. The summed E-state index contributed by atoms with van der Waals surface area (Å²) in [6.45, 7) is 3.10. The van der Waals surface area contributed by atoms with Gasteiger partial charge in [-0.3, -0.25) is 14.9 Å². The Morgan fingerprint density at radius 1 is 1.27 bits per heavy atom. The first kappa shape index (κ1) is 26.9. The fourth-order valence-electron chi connectivity index (χ4n) is 3.44. The van der Waals surface area contributed by atoms with Gasteiger partial charge in [-0.25, -0.2) is 10.2 Å². The van der Waals surface area contributed by atoms with E-state index in [0.717, 1.165) is 18.3 Å². The van der Waals surface area contributed by atoms with Gasteiger partial charge < -0.3 is 30.3 Å². The summed E-state index contributed by atoms with van der Waals surface area (Å²) in [4.78, 5) is 35.0. The molecule has 0 saturated carbocycles. The maximum atomic E-state index is 12.6. The average molecular weight is 530 g/mol. The topological polar surface area (TPSA) is 185 Å². The van der Waals surface area contributed by atoms with Crippen LogP contribution in [0.1, 0.15) is 31.0 Å². The first-order valence-corrected chi connectivity index (χ1v) is 11.2. The number of nitro benzene ring substituents is 1. The van der Waals surface area contributed by atoms with Crippen LogP contribution in [0.5, 0.6) is 17.2 Å². The van der Waals surface area contributed by atoms with Gasteiger partial charge in [0, 0.05) is 29.0 Å². The summed E-state index contributed by atoms with van der Waals surface area (Å²) >= 11 is 5.24. The minimum absolute atomic E-state index is 0.0994. The molecule has 2 aromatic carbocycles. The number of carbonyl (C=O) groups excluding carboxylic acids is 2. The highest BCUT2D eigenvalue weighted by Crippen LogP contribution is 2.34. The molecule has 1 atom stereocenters. The molecule has 0 fully saturated rings. The quantitative estimate of drug-likeness (QED) is 0.105. The van der Waals surface area contributed by atoms with E-state index in [9.17, 15) is 29.9 Å². The third kappa shape index (κ3) is 6.49. The fraction of sp³-hybridized carbons (Fsp3) is 0.217. The molecular formula is C23H23N5O8S. The molecule has 5 N–H and O–H groups in total. The molecule has 1 amide bonds. The lowest BCUT2D eigenvalue weighted by Crippen LogP contribution is -2.45. The third-order valence-corrected chi connectivity index (χ3v) is 5.29. The van der Waals surface area contributed by atoms with Gasteiger partial charge in [-0.2, -0.15) is 5.10 Å². The largest absolute Gasteiger partial charge is 0.507 e. The number of hydrogen-bond acceptors (Lipinski definition) is 10. The second-order valence-electron chi connectivity index (χ2n) is 7.57. The Morgan fingerprint density at radius 3 is 2.70 bits per heavy atom. The zero-order valence-electron chi connectivity index (χ0n) is 19.7. The second kappa shape index (κ2) is 11.8. The van der Waals surface area contributed by atoms with Crippen LogP contribution < -0.4 is 20.8 Å². The van der Waals surface area contributed by atoms with Crippen LogP contribution in [0.4, 0.5) is 5.69 Å². The third-order valence-electron chi connectivity index (χ3n) is 5.07. The number of benzene rings is 2. The van der Waals surface area contributed by atoms with Gasteiger partial charge in [0.05, 0.1) is 29.4 Å². The number of hydrazone groups is 1. The highest BCUT2D eigenvalue weighted by Gasteiger charge is 2.32. The van der Waals surface area contributed by atoms with Crippen molar-refractivity contribution >= 4 is 41.1 Å². The van der Waals surface area contributed by atoms with Crippen molar-refractivity contribution in [2.75, 3.05) is 13.2 Å². The number of amides is 1. The lowest BCUT2D eigenvalue weighted by Gasteiger charge is -2.30. The van der Waals surface area contributed by atoms with E-state index in [1.807, 2.05) is 0 Å². The second-order valence-corrected chi connectivity index (χ2v) is 7.98. The zero-order valence-corrected chi connectivity index (χ0v) is 20.5. The van der Waals surface area contributed by atoms with Crippen LogP contribution in [0, 0.1) is 10.1 Å². The maximum absolute atomic E-state index is 12.6. The van der Waals surface area contributed by atoms with Crippen LogP contribution in [0.2, 0.25) is 0 Å². The molecule has 13 nitrogen and oxygen atoms in total. The Kier molecular flexibility index (Phi) is 8.58. The lowest BCUT2D eigenvalue weighted by molar-refractivity contribution is -0.385. The zero-order chi connectivity index (χ0) is 27.1. The maximum Gasteiger partial charge on any atom is 0.338 e. The van der Waals surface area contributed by atoms with Gasteiger partial charge in [-0.1, -0.05) is 18.2 Å². The molecule has 37 heavy (non-hydrogen) atoms. The molecule has 0 aromatic heterocycles. The van der Waals surface area contributed by atoms with E-state index in [1.54, 1.807) is 38.1 Å². The first-order chi connectivity index (χ1) is 17.6. The van der Waals surface area contributed by atoms with Crippen molar-refractivity contribution in [1.29, 1.82) is 0 Å². The van der Waals surface area contributed by atoms with E-state index < -0.39 is 46.6 Å². The molecule has 0 aliphatic carbocycles. The molecule has 0 saturated heterocycles. The molecular weight excluding hydrogens is 506 g/mol. The normalized spacial score (nSPS) is 15.1. The number of nitrogens with zero attached hydrogens (tertiary/aromatic N) is 2. The number of phenolic OH excluding ortho intramolecular Hbond substituents is 2. The van der Waals surface area contributed by atoms with Gasteiger partial charge in [0.1, 0.15) is 11.5 Å². The van der Waals surface area contributed by atoms with Crippen molar-refractivity contribution in [3.05, 3.63) is 68.9 Å². The molecule has 3 rings (SSSR count). The van der Waals surface area contributed by atoms with E-state index in [0.29, 0.717) is 27.7 Å². The van der Waals surface area contributed by atoms with Crippen LogP contribution in [-0.4, -0.2) is 51.6 Å². The molecule has 1 aliphatic rings. The van der Waals surface area contributed by atoms with Crippen molar-refractivity contribution in [1.82, 2.24) is 16.1 Å². The predicted octanol–water partition coefficient (Wildman–Crippen LogP) is 1.89. The summed E-state index contributed by atoms with van der Waals surface area (Å²) in [5.41, 5.74) is 2.81. The van der Waals surface area contributed by atoms with Crippen LogP contribution in [-0.2, 0) is 14.3 Å². The van der Waals surface area contributed by atoms with Gasteiger partial charge in [0.25, 0.3) is 5.91 Å². The number of nitro groups is 1. The van der Waals surface area contributed by atoms with Crippen molar-refractivity contribution in [2.24, 2.45) is 5.10 Å². The Balaban J connectivity index is 1.73. The van der Waals surface area contributed by atoms with Crippen LogP contribution in [0.25, 0.3) is 0 Å². The molecule has 2 aromatic rings. The number of allylic oxidation sites excluding steroid dienone is 1. The summed E-state index contributed by atoms with van der Waals surface area (Å²) in [7, 11) is 0. The number of hydrogen-bond donors (Lipinski definition) is 5. The lowest BCUT2D eigenvalue weighted by atomic mass is 9.95. The standard InChI is InChI=1S/C23H23N5O8S/c1-3-35-22(32)20-12(2)25-23(37)26-21(20)14-6-4-5-7-18(14)36-11-19(31)27-24-10-13-8-15(28(33)34)17(30)9-16(13)29/h4-10,21,29-30H,3,11H2,1-2H3,(H,27,31)(H2,25,26,37)/t21-/m1/s1. The first-order valence-electron chi connectivity index (χ1n) is 10.8. The molecule has 1 aliphatic heterocycles. The summed E-state index contributed by atoms with van der Waals surface area (Å²) in [6, 6.07) is 7.76. The fourth-order valence-corrected chi connectivity index (χ4v) is 3.71. The predicted molar refractivity (Wildman–Crippen MR) is 135 cm³/mol. The van der Waals surface area contributed by atoms with Gasteiger partial charge >= 0.3 is 11.7 Å². The molecule has 1 heterocycles. The number of carbonyl (C=O) groups is 2. The highest BCUT2D eigenvalue weighted by molar-refractivity contribution is 7.80. The number of nitrogens with one attached hydrogen (secondary N) is 3. The minimum Gasteiger partial charge on any atom is -0.507 e.